The minimum absolute atomic E-state index is 0.0800. The summed E-state index contributed by atoms with van der Waals surface area (Å²) in [5.41, 5.74) is 0. The molecule has 5 nitrogen and oxygen atoms in total. The molecule has 0 spiro atoms. The molecule has 1 unspecified atom stereocenters. The van der Waals surface area contributed by atoms with E-state index in [1.54, 1.807) is 0 Å². The van der Waals surface area contributed by atoms with Crippen LogP contribution in [0, 0.1) is 0 Å². The molecule has 0 bridgehead atoms. The van der Waals surface area contributed by atoms with E-state index in [4.69, 9.17) is 5.11 Å². The van der Waals surface area contributed by atoms with E-state index in [2.05, 4.69) is 10.6 Å². The first kappa shape index (κ1) is 16.9. The van der Waals surface area contributed by atoms with Crippen molar-refractivity contribution in [2.45, 2.75) is 58.4 Å². The number of carbonyl (C=O) groups is 2. The highest BCUT2D eigenvalue weighted by atomic mass is 16.4. The lowest BCUT2D eigenvalue weighted by atomic mass is 10.1. The molecule has 0 aliphatic carbocycles. The van der Waals surface area contributed by atoms with Crippen molar-refractivity contribution in [1.29, 1.82) is 0 Å². The van der Waals surface area contributed by atoms with Gasteiger partial charge in [0.1, 0.15) is 6.04 Å². The summed E-state index contributed by atoms with van der Waals surface area (Å²) in [5.74, 6) is -0.713. The van der Waals surface area contributed by atoms with Gasteiger partial charge in [0.2, 0.25) is 5.91 Å². The standard InChI is InChI=1S/C13H26N2O3/c1-3-7-12(16)15-10-6-5-8-11(13(17)18)14-9-4-2/h11,14H,3-10H2,1-2H3,(H,15,16)(H,17,18). The smallest absolute Gasteiger partial charge is 0.320 e. The molecule has 0 aromatic rings. The third-order valence-electron chi connectivity index (χ3n) is 2.66. The highest BCUT2D eigenvalue weighted by molar-refractivity contribution is 5.75. The summed E-state index contributed by atoms with van der Waals surface area (Å²) in [6.45, 7) is 5.34. The van der Waals surface area contributed by atoms with E-state index in [9.17, 15) is 9.59 Å². The number of amides is 1. The van der Waals surface area contributed by atoms with Crippen LogP contribution in [0.3, 0.4) is 0 Å². The van der Waals surface area contributed by atoms with Gasteiger partial charge in [0.25, 0.3) is 0 Å². The zero-order valence-electron chi connectivity index (χ0n) is 11.5. The van der Waals surface area contributed by atoms with Gasteiger partial charge in [-0.25, -0.2) is 0 Å². The van der Waals surface area contributed by atoms with E-state index >= 15 is 0 Å². The van der Waals surface area contributed by atoms with Crippen LogP contribution in [-0.2, 0) is 9.59 Å². The highest BCUT2D eigenvalue weighted by Gasteiger charge is 2.15. The molecule has 0 aromatic carbocycles. The quantitative estimate of drug-likeness (QED) is 0.491. The number of hydrogen-bond acceptors (Lipinski definition) is 3. The van der Waals surface area contributed by atoms with Crippen molar-refractivity contribution in [3.63, 3.8) is 0 Å². The third kappa shape index (κ3) is 8.98. The molecule has 0 saturated carbocycles. The summed E-state index contributed by atoms with van der Waals surface area (Å²) in [7, 11) is 0. The van der Waals surface area contributed by atoms with Gasteiger partial charge in [-0.05, 0) is 38.6 Å². The first-order valence-corrected chi connectivity index (χ1v) is 6.84. The van der Waals surface area contributed by atoms with Crippen LogP contribution in [-0.4, -0.2) is 36.1 Å². The van der Waals surface area contributed by atoms with Crippen molar-refractivity contribution in [2.24, 2.45) is 0 Å². The maximum atomic E-state index is 11.2. The largest absolute Gasteiger partial charge is 0.480 e. The van der Waals surface area contributed by atoms with Crippen molar-refractivity contribution in [1.82, 2.24) is 10.6 Å². The van der Waals surface area contributed by atoms with E-state index in [0.717, 1.165) is 32.2 Å². The maximum Gasteiger partial charge on any atom is 0.320 e. The minimum atomic E-state index is -0.793. The molecule has 106 valence electrons. The zero-order chi connectivity index (χ0) is 13.8. The maximum absolute atomic E-state index is 11.2. The molecular formula is C13H26N2O3. The van der Waals surface area contributed by atoms with Crippen LogP contribution in [0.2, 0.25) is 0 Å². The van der Waals surface area contributed by atoms with Gasteiger partial charge in [-0.1, -0.05) is 13.8 Å². The monoisotopic (exact) mass is 258 g/mol. The molecule has 0 heterocycles. The average Bonchev–Trinajstić information content (AvgIpc) is 2.32. The first-order chi connectivity index (χ1) is 8.61. The topological polar surface area (TPSA) is 78.4 Å². The van der Waals surface area contributed by atoms with Crippen molar-refractivity contribution < 1.29 is 14.7 Å². The van der Waals surface area contributed by atoms with Gasteiger partial charge in [0.15, 0.2) is 0 Å². The average molecular weight is 258 g/mol. The molecule has 18 heavy (non-hydrogen) atoms. The molecule has 0 radical (unpaired) electrons. The predicted molar refractivity (Wildman–Crippen MR) is 71.5 cm³/mol. The Kier molecular flexibility index (Phi) is 10.3. The normalized spacial score (nSPS) is 12.1. The molecule has 1 amide bonds. The lowest BCUT2D eigenvalue weighted by Gasteiger charge is -2.13. The Bertz CT molecular complexity index is 244. The fourth-order valence-corrected chi connectivity index (χ4v) is 1.65. The summed E-state index contributed by atoms with van der Waals surface area (Å²) in [6.07, 6.45) is 4.59. The Morgan fingerprint density at radius 1 is 1.11 bits per heavy atom. The van der Waals surface area contributed by atoms with E-state index in [1.165, 1.54) is 0 Å². The predicted octanol–water partition coefficient (Wildman–Crippen LogP) is 1.53. The molecule has 0 fully saturated rings. The van der Waals surface area contributed by atoms with Crippen LogP contribution in [0.4, 0.5) is 0 Å². The fourth-order valence-electron chi connectivity index (χ4n) is 1.65. The van der Waals surface area contributed by atoms with Gasteiger partial charge in [-0.3, -0.25) is 9.59 Å². The Morgan fingerprint density at radius 2 is 1.83 bits per heavy atom. The number of unbranched alkanes of at least 4 members (excludes halogenated alkanes) is 1. The second kappa shape index (κ2) is 11.0. The van der Waals surface area contributed by atoms with E-state index in [1.807, 2.05) is 13.8 Å². The summed E-state index contributed by atoms with van der Waals surface area (Å²) in [4.78, 5) is 22.1. The number of carbonyl (C=O) groups excluding carboxylic acids is 1. The molecule has 0 aliphatic heterocycles. The lowest BCUT2D eigenvalue weighted by Crippen LogP contribution is -2.37. The number of carboxylic acids is 1. The lowest BCUT2D eigenvalue weighted by molar-refractivity contribution is -0.139. The van der Waals surface area contributed by atoms with E-state index < -0.39 is 12.0 Å². The summed E-state index contributed by atoms with van der Waals surface area (Å²) < 4.78 is 0. The zero-order valence-corrected chi connectivity index (χ0v) is 11.5. The molecule has 5 heteroatoms. The third-order valence-corrected chi connectivity index (χ3v) is 2.66. The van der Waals surface area contributed by atoms with Crippen molar-refractivity contribution >= 4 is 11.9 Å². The van der Waals surface area contributed by atoms with E-state index in [0.29, 0.717) is 19.4 Å². The van der Waals surface area contributed by atoms with Gasteiger partial charge < -0.3 is 15.7 Å². The van der Waals surface area contributed by atoms with Crippen molar-refractivity contribution in [2.75, 3.05) is 13.1 Å². The first-order valence-electron chi connectivity index (χ1n) is 6.84. The molecular weight excluding hydrogens is 232 g/mol. The number of aliphatic carboxylic acids is 1. The summed E-state index contributed by atoms with van der Waals surface area (Å²) in [5, 5.41) is 14.8. The van der Waals surface area contributed by atoms with Crippen LogP contribution in [0.1, 0.15) is 52.4 Å². The van der Waals surface area contributed by atoms with Crippen LogP contribution < -0.4 is 10.6 Å². The molecule has 3 N–H and O–H groups in total. The Hall–Kier alpha value is -1.10. The van der Waals surface area contributed by atoms with Gasteiger partial charge in [0.05, 0.1) is 0 Å². The van der Waals surface area contributed by atoms with Gasteiger partial charge >= 0.3 is 5.97 Å². The van der Waals surface area contributed by atoms with E-state index in [-0.39, 0.29) is 5.91 Å². The SMILES string of the molecule is CCCNC(CCCCNC(=O)CCC)C(=O)O. The van der Waals surface area contributed by atoms with Gasteiger partial charge in [-0.2, -0.15) is 0 Å². The summed E-state index contributed by atoms with van der Waals surface area (Å²) in [6, 6.07) is -0.462. The second-order valence-electron chi connectivity index (χ2n) is 4.44. The molecule has 0 saturated heterocycles. The van der Waals surface area contributed by atoms with Gasteiger partial charge in [-0.15, -0.1) is 0 Å². The highest BCUT2D eigenvalue weighted by Crippen LogP contribution is 2.01. The van der Waals surface area contributed by atoms with Crippen molar-refractivity contribution in [3.05, 3.63) is 0 Å². The van der Waals surface area contributed by atoms with Crippen LogP contribution >= 0.6 is 0 Å². The number of nitrogens with one attached hydrogen (secondary N) is 2. The molecule has 0 rings (SSSR count). The number of hydrogen-bond donors (Lipinski definition) is 3. The fraction of sp³-hybridized carbons (Fsp3) is 0.846. The van der Waals surface area contributed by atoms with Crippen molar-refractivity contribution in [3.8, 4) is 0 Å². The van der Waals surface area contributed by atoms with Crippen LogP contribution in [0.15, 0.2) is 0 Å². The van der Waals surface area contributed by atoms with Crippen LogP contribution in [0.5, 0.6) is 0 Å². The molecule has 0 aliphatic rings. The Morgan fingerprint density at radius 3 is 2.39 bits per heavy atom. The Labute approximate surface area is 109 Å². The van der Waals surface area contributed by atoms with Gasteiger partial charge in [0, 0.05) is 13.0 Å². The number of carboxylic acid groups (broad SMARTS) is 1. The number of rotatable bonds is 11. The van der Waals surface area contributed by atoms with Crippen LogP contribution in [0.25, 0.3) is 0 Å². The molecule has 1 atom stereocenters. The molecule has 0 aromatic heterocycles. The minimum Gasteiger partial charge on any atom is -0.480 e. The second-order valence-corrected chi connectivity index (χ2v) is 4.44. The summed E-state index contributed by atoms with van der Waals surface area (Å²) >= 11 is 0. The Balaban J connectivity index is 3.60.